The smallest absolute Gasteiger partial charge is 0.410 e. The molecule has 1 aliphatic carbocycles. The average Bonchev–Trinajstić information content (AvgIpc) is 3.39. The molecule has 0 aromatic carbocycles. The van der Waals surface area contributed by atoms with E-state index in [1.54, 1.807) is 0 Å². The number of aliphatic imine (C=N–C) groups is 1. The number of oxime groups is 1. The number of Topliss-reactive ketones (excluding diaryl/α,β-unsaturated/α-hetero) is 1. The van der Waals surface area contributed by atoms with Crippen LogP contribution in [0.5, 0.6) is 0 Å². The number of carboxylic acid groups (broad SMARTS) is 1. The minimum Gasteiger partial charge on any atom is -0.478 e. The van der Waals surface area contributed by atoms with Crippen molar-refractivity contribution in [1.29, 1.82) is 0 Å². The molecule has 2 aliphatic heterocycles. The maximum Gasteiger partial charge on any atom is 0.410 e. The highest BCUT2D eigenvalue weighted by Crippen LogP contribution is 2.40. The zero-order valence-corrected chi connectivity index (χ0v) is 21.1. The second-order valence-electron chi connectivity index (χ2n) is 8.74. The molecule has 0 spiro atoms. The molecular formula is C19H23N7O10S2. The van der Waals surface area contributed by atoms with Crippen LogP contribution in [0.2, 0.25) is 0 Å². The molecule has 206 valence electrons. The first-order valence-corrected chi connectivity index (χ1v) is 13.3. The Bertz CT molecular complexity index is 1320. The zero-order chi connectivity index (χ0) is 27.8. The number of anilines is 1. The first kappa shape index (κ1) is 27.2. The second-order valence-corrected chi connectivity index (χ2v) is 10.9. The van der Waals surface area contributed by atoms with Crippen molar-refractivity contribution in [3.8, 4) is 0 Å². The molecule has 17 nitrogen and oxygen atoms in total. The largest absolute Gasteiger partial charge is 0.478 e. The van der Waals surface area contributed by atoms with Crippen LogP contribution in [0.3, 0.4) is 0 Å². The number of nitrogens with two attached hydrogens (primary N) is 2. The number of hydrogen-bond donors (Lipinski definition) is 4. The van der Waals surface area contributed by atoms with Crippen LogP contribution in [0.1, 0.15) is 25.0 Å². The van der Waals surface area contributed by atoms with Gasteiger partial charge >= 0.3 is 22.4 Å². The van der Waals surface area contributed by atoms with Crippen molar-refractivity contribution in [2.75, 3.05) is 25.4 Å². The van der Waals surface area contributed by atoms with E-state index in [2.05, 4.69) is 15.1 Å². The van der Waals surface area contributed by atoms with Crippen LogP contribution in [0.25, 0.3) is 0 Å². The fraction of sp³-hybridized carbons (Fsp3) is 0.526. The molecule has 2 saturated heterocycles. The number of aliphatic carboxylic acids is 1. The van der Waals surface area contributed by atoms with E-state index in [4.69, 9.17) is 21.0 Å². The number of aromatic nitrogens is 1. The lowest BCUT2D eigenvalue weighted by Crippen LogP contribution is -2.66. The molecule has 38 heavy (non-hydrogen) atoms. The number of rotatable bonds is 12. The predicted molar refractivity (Wildman–Crippen MR) is 128 cm³/mol. The maximum absolute atomic E-state index is 13.2. The Hall–Kier alpha value is -3.84. The molecule has 0 bridgehead atoms. The predicted octanol–water partition coefficient (Wildman–Crippen LogP) is -1.54. The van der Waals surface area contributed by atoms with Crippen LogP contribution in [0.4, 0.5) is 9.93 Å². The van der Waals surface area contributed by atoms with Crippen LogP contribution in [0.15, 0.2) is 15.5 Å². The molecule has 1 aromatic rings. The average molecular weight is 574 g/mol. The van der Waals surface area contributed by atoms with Crippen LogP contribution in [-0.2, 0) is 34.3 Å². The Balaban J connectivity index is 1.54. The van der Waals surface area contributed by atoms with Gasteiger partial charge in [0.2, 0.25) is 11.5 Å². The highest BCUT2D eigenvalue weighted by atomic mass is 32.2. The van der Waals surface area contributed by atoms with E-state index >= 15 is 0 Å². The van der Waals surface area contributed by atoms with Gasteiger partial charge in [-0.3, -0.25) is 19.1 Å². The van der Waals surface area contributed by atoms with E-state index in [9.17, 15) is 37.3 Å². The summed E-state index contributed by atoms with van der Waals surface area (Å²) in [5, 5.41) is 14.5. The number of nitrogen functional groups attached to an aromatic ring is 1. The molecule has 2 amide bonds. The maximum atomic E-state index is 13.2. The molecule has 4 rings (SSSR count). The van der Waals surface area contributed by atoms with Gasteiger partial charge in [0.1, 0.15) is 11.8 Å². The fourth-order valence-corrected chi connectivity index (χ4v) is 5.50. The Morgan fingerprint density at radius 2 is 2.08 bits per heavy atom. The summed E-state index contributed by atoms with van der Waals surface area (Å²) in [5.41, 5.74) is 8.81. The zero-order valence-electron chi connectivity index (χ0n) is 19.5. The highest BCUT2D eigenvalue weighted by Gasteiger charge is 2.56. The Morgan fingerprint density at radius 3 is 2.63 bits per heavy atom. The summed E-state index contributed by atoms with van der Waals surface area (Å²) in [6.07, 6.45) is -0.723. The third-order valence-electron chi connectivity index (χ3n) is 6.16. The van der Waals surface area contributed by atoms with Crippen LogP contribution < -0.4 is 11.5 Å². The number of carbonyl (C=O) groups excluding carboxylic acids is 3. The van der Waals surface area contributed by atoms with Crippen molar-refractivity contribution >= 4 is 62.6 Å². The molecule has 3 aliphatic rings. The van der Waals surface area contributed by atoms with Gasteiger partial charge < -0.3 is 31.0 Å². The molecule has 6 N–H and O–H groups in total. The lowest BCUT2D eigenvalue weighted by molar-refractivity contribution is -0.153. The second kappa shape index (κ2) is 10.1. The fourth-order valence-electron chi connectivity index (χ4n) is 4.03. The number of ketones is 1. The quantitative estimate of drug-likeness (QED) is 0.0727. The van der Waals surface area contributed by atoms with Crippen molar-refractivity contribution in [1.82, 2.24) is 14.2 Å². The van der Waals surface area contributed by atoms with Gasteiger partial charge in [0.05, 0.1) is 31.4 Å². The summed E-state index contributed by atoms with van der Waals surface area (Å²) >= 11 is 0.975. The van der Waals surface area contributed by atoms with Crippen molar-refractivity contribution in [2.45, 2.75) is 37.0 Å². The summed E-state index contributed by atoms with van der Waals surface area (Å²) in [6, 6.07) is -1.30. The number of amides is 2. The molecule has 1 saturated carbocycles. The third kappa shape index (κ3) is 5.38. The summed E-state index contributed by atoms with van der Waals surface area (Å²) in [7, 11) is -5.01. The third-order valence-corrected chi connectivity index (χ3v) is 7.78. The Kier molecular flexibility index (Phi) is 7.26. The van der Waals surface area contributed by atoms with Gasteiger partial charge in [-0.1, -0.05) is 5.16 Å². The Morgan fingerprint density at radius 1 is 1.37 bits per heavy atom. The standard InChI is InChI=1S/C19H23N7O10S2/c20-8-22-4-9-5-25(18(31)35-9)6-12-10(15(28)26(12)38(32,33)34)3-13(27)14(11-7-37-17(21)23-11)24-36-19(1-2-19)16(29)30/h7-10,12H,1-6H2,(H2,20,22)(H2,21,23)(H,29,30)(H,32,33,34)/b24-14-/t9-,10+,12-/m1/s1. The number of carbonyl (C=O) groups is 4. The molecule has 3 fully saturated rings. The van der Waals surface area contributed by atoms with E-state index in [0.717, 1.165) is 22.6 Å². The number of β-lactam (4-membered cyclic amide) rings is 1. The van der Waals surface area contributed by atoms with Crippen LogP contribution in [0, 0.1) is 5.92 Å². The first-order valence-electron chi connectivity index (χ1n) is 11.1. The molecule has 1 aromatic heterocycles. The monoisotopic (exact) mass is 573 g/mol. The van der Waals surface area contributed by atoms with Gasteiger partial charge in [-0.2, -0.15) is 8.42 Å². The summed E-state index contributed by atoms with van der Waals surface area (Å²) in [4.78, 5) is 63.6. The summed E-state index contributed by atoms with van der Waals surface area (Å²) < 4.78 is 38.6. The van der Waals surface area contributed by atoms with E-state index in [0.29, 0.717) is 0 Å². The number of hydrogen-bond acceptors (Lipinski definition) is 13. The van der Waals surface area contributed by atoms with Gasteiger partial charge in [0, 0.05) is 31.2 Å². The molecular weight excluding hydrogens is 550 g/mol. The van der Waals surface area contributed by atoms with Gasteiger partial charge in [0.25, 0.3) is 0 Å². The Labute approximate surface area is 218 Å². The highest BCUT2D eigenvalue weighted by molar-refractivity contribution is 7.84. The van der Waals surface area contributed by atoms with Crippen molar-refractivity contribution < 1.29 is 46.8 Å². The molecule has 0 radical (unpaired) electrons. The SMILES string of the molecule is NC=NC[C@@H]1CN(C[C@@H]2[C@H](CC(=O)/C(=N\OC3(C(=O)O)CC3)c3csc(N)n3)C(=O)N2S(=O)(=O)O)C(=O)O1. The van der Waals surface area contributed by atoms with Crippen molar-refractivity contribution in [3.05, 3.63) is 11.1 Å². The summed E-state index contributed by atoms with van der Waals surface area (Å²) in [6.45, 7) is -0.322. The summed E-state index contributed by atoms with van der Waals surface area (Å²) in [5.74, 6) is -4.45. The van der Waals surface area contributed by atoms with Gasteiger partial charge in [-0.05, 0) is 0 Å². The van der Waals surface area contributed by atoms with Crippen LogP contribution in [-0.4, -0.2) is 105 Å². The number of ether oxygens (including phenoxy) is 1. The molecule has 3 heterocycles. The van der Waals surface area contributed by atoms with Gasteiger partial charge in [-0.15, -0.1) is 11.3 Å². The molecule has 3 atom stereocenters. The van der Waals surface area contributed by atoms with E-state index in [-0.39, 0.29) is 47.6 Å². The van der Waals surface area contributed by atoms with E-state index in [1.165, 1.54) is 5.38 Å². The van der Waals surface area contributed by atoms with E-state index in [1.807, 2.05) is 0 Å². The normalized spacial score (nSPS) is 24.9. The number of thiazole rings is 1. The van der Waals surface area contributed by atoms with Crippen LogP contribution >= 0.6 is 11.3 Å². The van der Waals surface area contributed by atoms with Crippen molar-refractivity contribution in [2.24, 2.45) is 21.8 Å². The van der Waals surface area contributed by atoms with Gasteiger partial charge in [-0.25, -0.2) is 18.9 Å². The van der Waals surface area contributed by atoms with Gasteiger partial charge in [0.15, 0.2) is 16.6 Å². The molecule has 0 unspecified atom stereocenters. The van der Waals surface area contributed by atoms with Crippen molar-refractivity contribution in [3.63, 3.8) is 0 Å². The minimum atomic E-state index is -5.01. The lowest BCUT2D eigenvalue weighted by atomic mass is 9.84. The minimum absolute atomic E-state index is 0.00321. The number of cyclic esters (lactones) is 1. The topological polar surface area (TPSA) is 257 Å². The first-order chi connectivity index (χ1) is 17.9. The number of nitrogens with zero attached hydrogens (tertiary/aromatic N) is 5. The molecule has 19 heteroatoms. The lowest BCUT2D eigenvalue weighted by Gasteiger charge is -2.45. The van der Waals surface area contributed by atoms with E-state index < -0.39 is 69.9 Å². The number of carboxylic acids is 1.